The summed E-state index contributed by atoms with van der Waals surface area (Å²) in [4.78, 5) is 215. The fourth-order valence-corrected chi connectivity index (χ4v) is 19.2. The number of hydrogen-bond donors (Lipinski definition) is 14. The number of benzene rings is 2. The number of amides is 12. The standard InChI is InChI=1S/C32H32F4N4O6.C27H34N4O6.C26H32N4O6.C8H12O2.C6H2F4O.CO2/c1-4-13-37-22(41)7-10-32(11-8-23(42)38-14-5-2,12-9-24(43)39-15-6-3)40-28(44)30-17-31(18-30,19-30)29(45)46-27-25(35)20(33)16-21(34)26(27)36;1-5-14-28-20(32)8-11-27(12-9-21(33)29-15-6-2,13-10-22(34)30-16-7-3)31-23(35)25-17-26(18-25,19-25)24(36)37-4;1-4-13-27-19(31)7-10-26(11-8-20(32)28-14-5-2,12-9-21(33)29-15-6-3)30-22(34)24-16-25(17-24,18-24)23(35)36;1-7-3-8(4-7,5-7)6(9)10-2;7-2-1-3(8)5(10)6(11)4(2)9;2-1-3/h1-3,16H,7-15,17-19H2,(H,37,41)(H,38,42)(H,39,43)(H,40,44);1-3H,8-19H2,4H3,(H,28,32)(H,29,33)(H,30,34)(H,31,35);1-3H,7-18H2,(H,27,31)(H,28,32)(H,29,33)(H,30,34)(H,35,36);3-5H2,1-2H3;1,11H;. The van der Waals surface area contributed by atoms with Gasteiger partial charge < -0.3 is 88.2 Å². The molecular weight excluding hydrogens is 1890 g/mol. The molecule has 766 valence electrons. The van der Waals surface area contributed by atoms with Gasteiger partial charge in [-0.25, -0.2) is 17.6 Å². The van der Waals surface area contributed by atoms with E-state index in [2.05, 4.69) is 124 Å². The van der Waals surface area contributed by atoms with Gasteiger partial charge in [0.15, 0.2) is 29.0 Å². The Balaban J connectivity index is 0.000000338. The van der Waals surface area contributed by atoms with E-state index in [0.717, 1.165) is 19.3 Å². The van der Waals surface area contributed by atoms with Gasteiger partial charge in [0.1, 0.15) is 0 Å². The number of carbonyl (C=O) groups excluding carboxylic acids is 17. The number of phenolic OH excluding ortho intramolecular Hbond substituents is 1. The van der Waals surface area contributed by atoms with Gasteiger partial charge in [0.05, 0.1) is 111 Å². The Labute approximate surface area is 820 Å². The van der Waals surface area contributed by atoms with Crippen molar-refractivity contribution in [2.24, 2.45) is 43.3 Å². The number of terminal acetylenes is 9. The van der Waals surface area contributed by atoms with Gasteiger partial charge in [0, 0.05) is 86.5 Å². The molecule has 12 aliphatic carbocycles. The second kappa shape index (κ2) is 52.8. The summed E-state index contributed by atoms with van der Waals surface area (Å²) < 4.78 is 118. The van der Waals surface area contributed by atoms with Crippen molar-refractivity contribution in [3.05, 3.63) is 58.7 Å². The van der Waals surface area contributed by atoms with Crippen LogP contribution in [0.5, 0.6) is 11.5 Å². The first-order valence-corrected chi connectivity index (χ1v) is 44.7. The van der Waals surface area contributed by atoms with Crippen molar-refractivity contribution in [3.8, 4) is 123 Å². The van der Waals surface area contributed by atoms with Crippen molar-refractivity contribution in [2.45, 2.75) is 216 Å². The minimum atomic E-state index is -1.88. The molecule has 12 amide bonds. The fraction of sp³-hybridized carbons (Fsp3) is 0.530. The van der Waals surface area contributed by atoms with Gasteiger partial charge in [-0.2, -0.15) is 27.2 Å². The molecule has 143 heavy (non-hydrogen) atoms. The van der Waals surface area contributed by atoms with E-state index in [9.17, 15) is 117 Å². The third-order valence-electron chi connectivity index (χ3n) is 26.4. The van der Waals surface area contributed by atoms with Crippen molar-refractivity contribution >= 4 is 101 Å². The summed E-state index contributed by atoms with van der Waals surface area (Å²) in [6.45, 7) is 2.40. The molecule has 0 saturated heterocycles. The number of phenols is 1. The number of aliphatic carboxylic acids is 1. The zero-order valence-electron chi connectivity index (χ0n) is 78.9. The highest BCUT2D eigenvalue weighted by molar-refractivity contribution is 5.97. The number of aromatic hydroxyl groups is 1. The van der Waals surface area contributed by atoms with Gasteiger partial charge in [0.2, 0.25) is 99.9 Å². The molecule has 14 N–H and O–H groups in total. The van der Waals surface area contributed by atoms with Crippen LogP contribution in [0.3, 0.4) is 0 Å². The Bertz CT molecular complexity index is 5250. The van der Waals surface area contributed by atoms with Gasteiger partial charge >= 0.3 is 30.0 Å². The molecule has 8 bridgehead atoms. The maximum atomic E-state index is 14.1. The van der Waals surface area contributed by atoms with E-state index in [0.29, 0.717) is 24.7 Å². The van der Waals surface area contributed by atoms with Crippen LogP contribution in [0.1, 0.15) is 200 Å². The molecule has 14 rings (SSSR count). The molecule has 0 aliphatic heterocycles. The number of hydrogen-bond acceptors (Lipinski definition) is 22. The van der Waals surface area contributed by atoms with E-state index in [4.69, 9.17) is 86.7 Å². The van der Waals surface area contributed by atoms with Crippen LogP contribution in [-0.4, -0.2) is 201 Å². The molecule has 12 fully saturated rings. The van der Waals surface area contributed by atoms with E-state index in [1.54, 1.807) is 0 Å². The summed E-state index contributed by atoms with van der Waals surface area (Å²) in [5.74, 6) is -3.31. The molecule has 0 unspecified atom stereocenters. The topological polar surface area (TPSA) is 520 Å². The summed E-state index contributed by atoms with van der Waals surface area (Å²) in [5, 5.41) is 49.7. The Kier molecular flexibility index (Phi) is 43.6. The van der Waals surface area contributed by atoms with Crippen LogP contribution in [0.4, 0.5) is 35.1 Å². The number of carboxylic acids is 1. The molecule has 35 nitrogen and oxygen atoms in total. The van der Waals surface area contributed by atoms with Crippen LogP contribution < -0.4 is 68.5 Å². The molecular formula is C100H112F8N12O23. The maximum absolute atomic E-state index is 14.1. The summed E-state index contributed by atoms with van der Waals surface area (Å²) in [6.07, 6.45) is 52.3. The van der Waals surface area contributed by atoms with E-state index in [1.807, 2.05) is 0 Å². The first kappa shape index (κ1) is 118. The smallest absolute Gasteiger partial charge is 0.373 e. The first-order valence-electron chi connectivity index (χ1n) is 44.7. The van der Waals surface area contributed by atoms with Crippen molar-refractivity contribution in [3.63, 3.8) is 0 Å². The number of carboxylic acid groups (broad SMARTS) is 1. The van der Waals surface area contributed by atoms with Crippen molar-refractivity contribution < 1.29 is 146 Å². The van der Waals surface area contributed by atoms with Crippen LogP contribution in [0, 0.1) is 201 Å². The third-order valence-corrected chi connectivity index (χ3v) is 26.4. The zero-order chi connectivity index (χ0) is 107. The van der Waals surface area contributed by atoms with Crippen LogP contribution in [0.2, 0.25) is 0 Å². The second-order valence-corrected chi connectivity index (χ2v) is 36.8. The van der Waals surface area contributed by atoms with Gasteiger partial charge in [0.25, 0.3) is 0 Å². The van der Waals surface area contributed by atoms with E-state index in [-0.39, 0.29) is 296 Å². The second-order valence-electron chi connectivity index (χ2n) is 36.8. The highest BCUT2D eigenvalue weighted by Gasteiger charge is 2.78. The van der Waals surface area contributed by atoms with Gasteiger partial charge in [-0.05, 0) is 140 Å². The molecule has 43 heteroatoms. The lowest BCUT2D eigenvalue weighted by Crippen LogP contribution is -2.72. The number of carbonyl (C=O) groups is 16. The largest absolute Gasteiger partial charge is 0.503 e. The average Bonchev–Trinajstić information content (AvgIpc) is 0.682. The molecule has 0 aromatic heterocycles. The highest BCUT2D eigenvalue weighted by Crippen LogP contribution is 2.76. The minimum absolute atomic E-state index is 0.00701. The lowest BCUT2D eigenvalue weighted by molar-refractivity contribution is -0.224. The number of esters is 3. The Morgan fingerprint density at radius 2 is 0.497 bits per heavy atom. The van der Waals surface area contributed by atoms with Gasteiger partial charge in [-0.1, -0.05) is 60.2 Å². The van der Waals surface area contributed by atoms with E-state index in [1.165, 1.54) is 14.2 Å². The van der Waals surface area contributed by atoms with Crippen LogP contribution >= 0.6 is 0 Å². The van der Waals surface area contributed by atoms with Crippen molar-refractivity contribution in [1.29, 1.82) is 0 Å². The molecule has 12 aliphatic rings. The van der Waals surface area contributed by atoms with Crippen molar-refractivity contribution in [1.82, 2.24) is 63.8 Å². The number of rotatable bonds is 47. The van der Waals surface area contributed by atoms with E-state index < -0.39 is 143 Å². The summed E-state index contributed by atoms with van der Waals surface area (Å²) in [6, 6.07) is -0.00475. The monoisotopic (exact) mass is 2000 g/mol. The molecule has 12 saturated carbocycles. The number of ether oxygens (including phenoxy) is 3. The van der Waals surface area contributed by atoms with Crippen LogP contribution in [-0.2, 0) is 95.8 Å². The summed E-state index contributed by atoms with van der Waals surface area (Å²) in [5.41, 5.74) is -8.32. The molecule has 2 aromatic carbocycles. The quantitative estimate of drug-likeness (QED) is 0.0147. The first-order chi connectivity index (χ1) is 67.5. The number of halogens is 8. The Hall–Kier alpha value is -15.4. The number of methoxy groups -OCH3 is 2. The van der Waals surface area contributed by atoms with Crippen molar-refractivity contribution in [2.75, 3.05) is 73.1 Å². The highest BCUT2D eigenvalue weighted by atomic mass is 19.2. The predicted octanol–water partition coefficient (Wildman–Crippen LogP) is 3.94. The van der Waals surface area contributed by atoms with Gasteiger partial charge in [-0.3, -0.25) is 76.7 Å². The SMILES string of the molecule is C#CCNC(=O)CCC(CCC(=O)NCC#C)(CCC(=O)NCC#C)NC(=O)C12CC(C(=O)O)(C1)C2.C#CCNC(=O)CCC(CCC(=O)NCC#C)(CCC(=O)NCC#C)NC(=O)C12CC(C(=O)OC)(C1)C2.C#CCNC(=O)CCC(CCC(=O)NCC#C)(CCC(=O)NCC#C)NC(=O)C12CC(C(=O)Oc3c(F)c(F)cc(F)c3F)(C1)C2.COC(=O)C12CC(C)(C1)C2.O=C=O.Oc1c(F)c(F)cc(F)c1F. The lowest BCUT2D eigenvalue weighted by atomic mass is 9.34. The molecule has 0 atom stereocenters. The average molecular weight is 2000 g/mol. The Morgan fingerprint density at radius 3 is 0.678 bits per heavy atom. The fourth-order valence-electron chi connectivity index (χ4n) is 19.2. The third kappa shape index (κ3) is 31.1. The molecule has 0 radical (unpaired) electrons. The summed E-state index contributed by atoms with van der Waals surface area (Å²) in [7, 11) is 2.80. The lowest BCUT2D eigenvalue weighted by Gasteiger charge is -2.67. The molecule has 0 spiro atoms. The number of nitrogens with one attached hydrogen (secondary N) is 12. The van der Waals surface area contributed by atoms with Crippen LogP contribution in [0.25, 0.3) is 0 Å². The predicted molar refractivity (Wildman–Crippen MR) is 489 cm³/mol. The molecule has 0 heterocycles. The normalized spacial score (nSPS) is 21.1. The zero-order valence-corrected chi connectivity index (χ0v) is 78.9. The Morgan fingerprint density at radius 1 is 0.315 bits per heavy atom. The summed E-state index contributed by atoms with van der Waals surface area (Å²) >= 11 is 0. The molecule has 2 aromatic rings. The van der Waals surface area contributed by atoms with E-state index >= 15 is 0 Å². The minimum Gasteiger partial charge on any atom is -0.503 e. The van der Waals surface area contributed by atoms with Gasteiger partial charge in [-0.15, -0.1) is 57.8 Å². The van der Waals surface area contributed by atoms with Crippen LogP contribution in [0.15, 0.2) is 12.1 Å². The maximum Gasteiger partial charge on any atom is 0.373 e.